The highest BCUT2D eigenvalue weighted by Gasteiger charge is 2.25. The lowest BCUT2D eigenvalue weighted by atomic mass is 10.2. The number of thiazole rings is 1. The van der Waals surface area contributed by atoms with E-state index in [4.69, 9.17) is 14.2 Å². The molecule has 0 aliphatic heterocycles. The monoisotopic (exact) mass is 424 g/mol. The Labute approximate surface area is 174 Å². The molecule has 0 unspecified atom stereocenters. The minimum Gasteiger partial charge on any atom is -0.494 e. The van der Waals surface area contributed by atoms with Crippen molar-refractivity contribution >= 4 is 45.0 Å². The van der Waals surface area contributed by atoms with Crippen molar-refractivity contribution in [3.8, 4) is 5.75 Å². The molecule has 0 aliphatic carbocycles. The van der Waals surface area contributed by atoms with E-state index in [1.165, 1.54) is 11.3 Å². The van der Waals surface area contributed by atoms with Gasteiger partial charge in [0.2, 0.25) is 5.76 Å². The number of ether oxygens (including phenoxy) is 1. The molecular weight excluding hydrogens is 400 g/mol. The number of methoxy groups -OCH3 is 1. The van der Waals surface area contributed by atoms with Crippen LogP contribution in [0.4, 0.5) is 5.13 Å². The van der Waals surface area contributed by atoms with Crippen LogP contribution >= 0.6 is 23.7 Å². The molecule has 2 heterocycles. The number of aryl methyl sites for hydroxylation is 2. The Morgan fingerprint density at radius 3 is 2.61 bits per heavy atom. The Morgan fingerprint density at radius 1 is 1.25 bits per heavy atom. The second-order valence-corrected chi connectivity index (χ2v) is 7.68. The van der Waals surface area contributed by atoms with E-state index in [-0.39, 0.29) is 24.1 Å². The molecule has 3 aromatic rings. The quantitative estimate of drug-likeness (QED) is 0.572. The number of hydrogen-bond donors (Lipinski definition) is 0. The fraction of sp³-hybridized carbons (Fsp3) is 0.421. The molecule has 0 radical (unpaired) electrons. The molecule has 0 bridgehead atoms. The first-order valence-corrected chi connectivity index (χ1v) is 9.56. The van der Waals surface area contributed by atoms with Crippen LogP contribution in [0.3, 0.4) is 0 Å². The smallest absolute Gasteiger partial charge is 0.298 e. The highest BCUT2D eigenvalue weighted by Crippen LogP contribution is 2.36. The van der Waals surface area contributed by atoms with Gasteiger partial charge in [-0.15, -0.1) is 12.4 Å². The molecule has 3 rings (SSSR count). The predicted molar refractivity (Wildman–Crippen MR) is 114 cm³/mol. The zero-order valence-corrected chi connectivity index (χ0v) is 18.3. The molecule has 7 nitrogen and oxygen atoms in total. The number of carbonyl (C=O) groups excluding carboxylic acids is 1. The average molecular weight is 425 g/mol. The third kappa shape index (κ3) is 4.63. The number of amides is 1. The minimum atomic E-state index is -0.231. The lowest BCUT2D eigenvalue weighted by Gasteiger charge is -2.19. The zero-order chi connectivity index (χ0) is 19.6. The van der Waals surface area contributed by atoms with Crippen LogP contribution in [0.1, 0.15) is 28.2 Å². The number of halogens is 1. The van der Waals surface area contributed by atoms with Crippen LogP contribution in [0.2, 0.25) is 0 Å². The lowest BCUT2D eigenvalue weighted by molar-refractivity contribution is 0.0950. The van der Waals surface area contributed by atoms with Crippen LogP contribution in [-0.2, 0) is 0 Å². The van der Waals surface area contributed by atoms with Gasteiger partial charge in [0, 0.05) is 12.6 Å². The minimum absolute atomic E-state index is 0. The number of anilines is 1. The summed E-state index contributed by atoms with van der Waals surface area (Å²) in [4.78, 5) is 21.5. The van der Waals surface area contributed by atoms with E-state index < -0.39 is 0 Å². The lowest BCUT2D eigenvalue weighted by Crippen LogP contribution is -2.33. The van der Waals surface area contributed by atoms with E-state index in [2.05, 4.69) is 10.1 Å². The third-order valence-electron chi connectivity index (χ3n) is 4.21. The second kappa shape index (κ2) is 9.36. The van der Waals surface area contributed by atoms with E-state index in [1.807, 2.05) is 33.2 Å². The second-order valence-electron chi connectivity index (χ2n) is 6.71. The molecular formula is C19H25ClN4O3S. The van der Waals surface area contributed by atoms with Crippen LogP contribution in [0.5, 0.6) is 5.75 Å². The molecule has 2 aromatic heterocycles. The van der Waals surface area contributed by atoms with E-state index in [9.17, 15) is 4.79 Å². The molecule has 9 heteroatoms. The van der Waals surface area contributed by atoms with Gasteiger partial charge < -0.3 is 14.2 Å². The Kier molecular flexibility index (Phi) is 7.40. The van der Waals surface area contributed by atoms with Crippen molar-refractivity contribution in [2.45, 2.75) is 20.3 Å². The number of fused-ring (bicyclic) bond motifs is 1. The SMILES string of the molecule is COc1ccc(C)c2sc(N(CCCN(C)C)C(=O)c3cc(C)no3)nc12.Cl. The first-order valence-electron chi connectivity index (χ1n) is 8.74. The average Bonchev–Trinajstić information content (AvgIpc) is 3.25. The first kappa shape index (κ1) is 22.1. The van der Waals surface area contributed by atoms with E-state index in [0.29, 0.717) is 23.1 Å². The van der Waals surface area contributed by atoms with Gasteiger partial charge >= 0.3 is 0 Å². The fourth-order valence-electron chi connectivity index (χ4n) is 2.81. The number of carbonyl (C=O) groups is 1. The maximum Gasteiger partial charge on any atom is 0.298 e. The highest BCUT2D eigenvalue weighted by atomic mass is 35.5. The predicted octanol–water partition coefficient (Wildman–Crippen LogP) is 3.93. The number of rotatable bonds is 7. The van der Waals surface area contributed by atoms with Gasteiger partial charge in [0.15, 0.2) is 5.13 Å². The molecule has 0 aliphatic rings. The van der Waals surface area contributed by atoms with Gasteiger partial charge in [-0.05, 0) is 52.5 Å². The van der Waals surface area contributed by atoms with Crippen LogP contribution in [0.15, 0.2) is 22.7 Å². The molecule has 0 saturated heterocycles. The Hall–Kier alpha value is -2.16. The van der Waals surface area contributed by atoms with Crippen molar-refractivity contribution < 1.29 is 14.1 Å². The van der Waals surface area contributed by atoms with Crippen molar-refractivity contribution in [3.05, 3.63) is 35.2 Å². The number of hydrogen-bond acceptors (Lipinski definition) is 7. The molecule has 1 amide bonds. The van der Waals surface area contributed by atoms with E-state index in [0.717, 1.165) is 28.7 Å². The number of aromatic nitrogens is 2. The summed E-state index contributed by atoms with van der Waals surface area (Å²) in [5, 5.41) is 4.47. The normalized spacial score (nSPS) is 10.9. The van der Waals surface area contributed by atoms with Gasteiger partial charge in [0.1, 0.15) is 11.3 Å². The summed E-state index contributed by atoms with van der Waals surface area (Å²) in [5.74, 6) is 0.694. The molecule has 0 fully saturated rings. The fourth-order valence-corrected chi connectivity index (χ4v) is 3.88. The van der Waals surface area contributed by atoms with Crippen molar-refractivity contribution in [3.63, 3.8) is 0 Å². The highest BCUT2D eigenvalue weighted by molar-refractivity contribution is 7.22. The van der Waals surface area contributed by atoms with Crippen LogP contribution in [0, 0.1) is 13.8 Å². The third-order valence-corrected chi connectivity index (χ3v) is 5.43. The van der Waals surface area contributed by atoms with Crippen molar-refractivity contribution in [2.75, 3.05) is 39.2 Å². The van der Waals surface area contributed by atoms with Gasteiger partial charge in [-0.3, -0.25) is 9.69 Å². The molecule has 152 valence electrons. The van der Waals surface area contributed by atoms with Gasteiger partial charge in [-0.25, -0.2) is 4.98 Å². The number of benzene rings is 1. The first-order chi connectivity index (χ1) is 12.9. The topological polar surface area (TPSA) is 71.7 Å². The molecule has 1 aromatic carbocycles. The maximum atomic E-state index is 13.1. The van der Waals surface area contributed by atoms with Crippen molar-refractivity contribution in [1.82, 2.24) is 15.0 Å². The van der Waals surface area contributed by atoms with Crippen molar-refractivity contribution in [1.29, 1.82) is 0 Å². The van der Waals surface area contributed by atoms with Gasteiger partial charge in [-0.2, -0.15) is 0 Å². The summed E-state index contributed by atoms with van der Waals surface area (Å²) in [5.41, 5.74) is 2.55. The van der Waals surface area contributed by atoms with Gasteiger partial charge in [0.25, 0.3) is 5.91 Å². The van der Waals surface area contributed by atoms with Crippen molar-refractivity contribution in [2.24, 2.45) is 0 Å². The van der Waals surface area contributed by atoms with Crippen LogP contribution in [-0.4, -0.2) is 55.2 Å². The molecule has 0 spiro atoms. The molecule has 0 saturated carbocycles. The van der Waals surface area contributed by atoms with E-state index in [1.54, 1.807) is 25.0 Å². The Bertz CT molecular complexity index is 954. The molecule has 0 atom stereocenters. The largest absolute Gasteiger partial charge is 0.494 e. The summed E-state index contributed by atoms with van der Waals surface area (Å²) >= 11 is 1.49. The maximum absolute atomic E-state index is 13.1. The molecule has 28 heavy (non-hydrogen) atoms. The zero-order valence-electron chi connectivity index (χ0n) is 16.7. The summed E-state index contributed by atoms with van der Waals surface area (Å²) in [6.07, 6.45) is 0.817. The summed E-state index contributed by atoms with van der Waals surface area (Å²) in [6, 6.07) is 5.56. The standard InChI is InChI=1S/C19H24N4O3S.ClH/c1-12-7-8-14(25-5)16-17(12)27-19(20-16)23(10-6-9-22(3)4)18(24)15-11-13(2)21-26-15;/h7-8,11H,6,9-10H2,1-5H3;1H. The summed E-state index contributed by atoms with van der Waals surface area (Å²) in [7, 11) is 5.65. The number of nitrogens with zero attached hydrogens (tertiary/aromatic N) is 4. The summed E-state index contributed by atoms with van der Waals surface area (Å²) in [6.45, 7) is 5.23. The van der Waals surface area contributed by atoms with E-state index >= 15 is 0 Å². The summed E-state index contributed by atoms with van der Waals surface area (Å²) < 4.78 is 11.7. The Balaban J connectivity index is 0.00000280. The molecule has 0 N–H and O–H groups in total. The van der Waals surface area contributed by atoms with Gasteiger partial charge in [0.05, 0.1) is 17.5 Å². The van der Waals surface area contributed by atoms with Crippen LogP contribution < -0.4 is 9.64 Å². The van der Waals surface area contributed by atoms with Gasteiger partial charge in [-0.1, -0.05) is 22.6 Å². The van der Waals surface area contributed by atoms with Crippen LogP contribution in [0.25, 0.3) is 10.2 Å². The Morgan fingerprint density at radius 2 is 2.00 bits per heavy atom.